The average Bonchev–Trinajstić information content (AvgIpc) is 2.78. The van der Waals surface area contributed by atoms with Crippen molar-refractivity contribution >= 4 is 11.6 Å². The lowest BCUT2D eigenvalue weighted by Crippen LogP contribution is -2.26. The van der Waals surface area contributed by atoms with E-state index in [4.69, 9.17) is 16.3 Å². The Balaban J connectivity index is 1.88. The van der Waals surface area contributed by atoms with Gasteiger partial charge in [0.15, 0.2) is 0 Å². The third kappa shape index (κ3) is 3.35. The van der Waals surface area contributed by atoms with Crippen LogP contribution in [0.1, 0.15) is 24.8 Å². The molecule has 2 N–H and O–H groups in total. The van der Waals surface area contributed by atoms with E-state index in [-0.39, 0.29) is 0 Å². The number of hydrogen-bond donors (Lipinski definition) is 2. The van der Waals surface area contributed by atoms with Crippen LogP contribution in [0.4, 0.5) is 0 Å². The van der Waals surface area contributed by atoms with Crippen molar-refractivity contribution in [2.45, 2.75) is 38.0 Å². The van der Waals surface area contributed by atoms with E-state index < -0.39 is 0 Å². The number of nitrogens with one attached hydrogen (secondary N) is 1. The van der Waals surface area contributed by atoms with Crippen molar-refractivity contribution in [2.24, 2.45) is 0 Å². The average molecular weight is 256 g/mol. The first-order chi connectivity index (χ1) is 8.19. The number of halogens is 1. The van der Waals surface area contributed by atoms with E-state index in [1.807, 2.05) is 0 Å². The second-order valence-corrected chi connectivity index (χ2v) is 4.96. The normalized spacial score (nSPS) is 24.1. The van der Waals surface area contributed by atoms with Crippen LogP contribution in [0.15, 0.2) is 18.2 Å². The fraction of sp³-hybridized carbons (Fsp3) is 0.538. The van der Waals surface area contributed by atoms with Crippen LogP contribution >= 0.6 is 11.6 Å². The highest BCUT2D eigenvalue weighted by Crippen LogP contribution is 2.24. The van der Waals surface area contributed by atoms with Gasteiger partial charge < -0.3 is 15.2 Å². The third-order valence-electron chi connectivity index (χ3n) is 3.34. The topological polar surface area (TPSA) is 41.5 Å². The zero-order valence-corrected chi connectivity index (χ0v) is 10.7. The van der Waals surface area contributed by atoms with Crippen LogP contribution < -0.4 is 5.32 Å². The summed E-state index contributed by atoms with van der Waals surface area (Å²) in [5, 5.41) is 13.8. The van der Waals surface area contributed by atoms with Crippen LogP contribution in [0.25, 0.3) is 0 Å². The van der Waals surface area contributed by atoms with Crippen molar-refractivity contribution in [3.63, 3.8) is 0 Å². The van der Waals surface area contributed by atoms with Gasteiger partial charge in [0.1, 0.15) is 5.75 Å². The SMILES string of the molecule is COC1CCC(NCc2cc(Cl)ccc2O)C1. The molecule has 2 unspecified atom stereocenters. The summed E-state index contributed by atoms with van der Waals surface area (Å²) < 4.78 is 5.33. The summed E-state index contributed by atoms with van der Waals surface area (Å²) in [6.45, 7) is 0.646. The van der Waals surface area contributed by atoms with Crippen molar-refractivity contribution < 1.29 is 9.84 Å². The van der Waals surface area contributed by atoms with Crippen molar-refractivity contribution in [3.8, 4) is 5.75 Å². The molecule has 0 amide bonds. The van der Waals surface area contributed by atoms with Crippen LogP contribution in [0.5, 0.6) is 5.75 Å². The van der Waals surface area contributed by atoms with Crippen LogP contribution in [0.2, 0.25) is 5.02 Å². The first-order valence-corrected chi connectivity index (χ1v) is 6.30. The summed E-state index contributed by atoms with van der Waals surface area (Å²) in [5.74, 6) is 0.295. The lowest BCUT2D eigenvalue weighted by atomic mass is 10.1. The zero-order chi connectivity index (χ0) is 12.3. The van der Waals surface area contributed by atoms with Gasteiger partial charge in [0.05, 0.1) is 6.10 Å². The van der Waals surface area contributed by atoms with Crippen molar-refractivity contribution in [2.75, 3.05) is 7.11 Å². The Morgan fingerprint density at radius 1 is 1.47 bits per heavy atom. The number of phenols is 1. The van der Waals surface area contributed by atoms with Gasteiger partial charge in [-0.1, -0.05) is 11.6 Å². The maximum Gasteiger partial charge on any atom is 0.120 e. The maximum atomic E-state index is 9.68. The van der Waals surface area contributed by atoms with E-state index in [0.29, 0.717) is 29.5 Å². The molecule has 0 spiro atoms. The molecule has 1 aliphatic carbocycles. The van der Waals surface area contributed by atoms with Crippen LogP contribution in [0.3, 0.4) is 0 Å². The van der Waals surface area contributed by atoms with Crippen LogP contribution in [0, 0.1) is 0 Å². The van der Waals surface area contributed by atoms with Gasteiger partial charge in [0.25, 0.3) is 0 Å². The minimum atomic E-state index is 0.295. The number of ether oxygens (including phenoxy) is 1. The van der Waals surface area contributed by atoms with Crippen LogP contribution in [-0.4, -0.2) is 24.4 Å². The van der Waals surface area contributed by atoms with Gasteiger partial charge in [0.2, 0.25) is 0 Å². The van der Waals surface area contributed by atoms with Crippen LogP contribution in [-0.2, 0) is 11.3 Å². The number of benzene rings is 1. The highest BCUT2D eigenvalue weighted by molar-refractivity contribution is 6.30. The predicted molar refractivity (Wildman–Crippen MR) is 68.4 cm³/mol. The largest absolute Gasteiger partial charge is 0.508 e. The summed E-state index contributed by atoms with van der Waals surface area (Å²) >= 11 is 5.90. The zero-order valence-electron chi connectivity index (χ0n) is 9.95. The predicted octanol–water partition coefficient (Wildman–Crippen LogP) is 2.70. The Kier molecular flexibility index (Phi) is 4.26. The van der Waals surface area contributed by atoms with E-state index in [9.17, 15) is 5.11 Å². The molecule has 1 aromatic carbocycles. The molecule has 17 heavy (non-hydrogen) atoms. The summed E-state index contributed by atoms with van der Waals surface area (Å²) in [6, 6.07) is 5.59. The fourth-order valence-electron chi connectivity index (χ4n) is 2.29. The Bertz CT molecular complexity index is 384. The molecule has 1 aromatic rings. The molecule has 0 bridgehead atoms. The molecule has 2 rings (SSSR count). The summed E-state index contributed by atoms with van der Waals surface area (Å²) in [6.07, 6.45) is 3.65. The fourth-order valence-corrected chi connectivity index (χ4v) is 2.48. The first kappa shape index (κ1) is 12.7. The van der Waals surface area contributed by atoms with Crippen molar-refractivity contribution in [3.05, 3.63) is 28.8 Å². The van der Waals surface area contributed by atoms with E-state index >= 15 is 0 Å². The Labute approximate surface area is 107 Å². The van der Waals surface area contributed by atoms with Gasteiger partial charge in [-0.05, 0) is 37.5 Å². The molecule has 0 saturated heterocycles. The van der Waals surface area contributed by atoms with E-state index in [1.54, 1.807) is 25.3 Å². The molecule has 1 fully saturated rings. The summed E-state index contributed by atoms with van der Waals surface area (Å²) in [7, 11) is 1.76. The molecule has 94 valence electrons. The van der Waals surface area contributed by atoms with Gasteiger partial charge in [-0.25, -0.2) is 0 Å². The van der Waals surface area contributed by atoms with E-state index in [0.717, 1.165) is 24.8 Å². The second-order valence-electron chi connectivity index (χ2n) is 4.52. The number of hydrogen-bond acceptors (Lipinski definition) is 3. The molecule has 4 heteroatoms. The lowest BCUT2D eigenvalue weighted by Gasteiger charge is -2.13. The molecule has 1 aliphatic rings. The number of phenolic OH excluding ortho intramolecular Hbond substituents is 1. The molecule has 1 saturated carbocycles. The van der Waals surface area contributed by atoms with Gasteiger partial charge in [-0.15, -0.1) is 0 Å². The van der Waals surface area contributed by atoms with Gasteiger partial charge in [0, 0.05) is 30.3 Å². The maximum absolute atomic E-state index is 9.68. The Hall–Kier alpha value is -0.770. The molecule has 0 heterocycles. The highest BCUT2D eigenvalue weighted by atomic mass is 35.5. The summed E-state index contributed by atoms with van der Waals surface area (Å²) in [4.78, 5) is 0. The standard InChI is InChI=1S/C13H18ClNO2/c1-17-12-4-3-11(7-12)15-8-9-6-10(14)2-5-13(9)16/h2,5-6,11-12,15-16H,3-4,7-8H2,1H3. The molecule has 2 atom stereocenters. The van der Waals surface area contributed by atoms with Crippen molar-refractivity contribution in [1.82, 2.24) is 5.32 Å². The summed E-state index contributed by atoms with van der Waals surface area (Å²) in [5.41, 5.74) is 0.846. The van der Waals surface area contributed by atoms with Gasteiger partial charge in [-0.3, -0.25) is 0 Å². The van der Waals surface area contributed by atoms with E-state index in [1.165, 1.54) is 0 Å². The van der Waals surface area contributed by atoms with Gasteiger partial charge >= 0.3 is 0 Å². The molecule has 0 radical (unpaired) electrons. The molecule has 0 aliphatic heterocycles. The minimum Gasteiger partial charge on any atom is -0.508 e. The number of rotatable bonds is 4. The quantitative estimate of drug-likeness (QED) is 0.869. The number of aromatic hydroxyl groups is 1. The Morgan fingerprint density at radius 3 is 3.00 bits per heavy atom. The van der Waals surface area contributed by atoms with Crippen molar-refractivity contribution in [1.29, 1.82) is 0 Å². The number of methoxy groups -OCH3 is 1. The van der Waals surface area contributed by atoms with Gasteiger partial charge in [-0.2, -0.15) is 0 Å². The third-order valence-corrected chi connectivity index (χ3v) is 3.58. The molecule has 3 nitrogen and oxygen atoms in total. The lowest BCUT2D eigenvalue weighted by molar-refractivity contribution is 0.107. The minimum absolute atomic E-state index is 0.295. The molecular weight excluding hydrogens is 238 g/mol. The highest BCUT2D eigenvalue weighted by Gasteiger charge is 2.23. The molecular formula is C13H18ClNO2. The smallest absolute Gasteiger partial charge is 0.120 e. The monoisotopic (exact) mass is 255 g/mol. The second kappa shape index (κ2) is 5.71. The van der Waals surface area contributed by atoms with E-state index in [2.05, 4.69) is 5.32 Å². The first-order valence-electron chi connectivity index (χ1n) is 5.92. The Morgan fingerprint density at radius 2 is 2.29 bits per heavy atom. The molecule has 0 aromatic heterocycles.